The lowest BCUT2D eigenvalue weighted by atomic mass is 10.0. The van der Waals surface area contributed by atoms with Crippen molar-refractivity contribution >= 4 is 10.9 Å². The summed E-state index contributed by atoms with van der Waals surface area (Å²) in [6.07, 6.45) is 1.89. The van der Waals surface area contributed by atoms with Crippen LogP contribution in [0.2, 0.25) is 0 Å². The Labute approximate surface area is 78.1 Å². The first-order valence-electron chi connectivity index (χ1n) is 4.45. The van der Waals surface area contributed by atoms with E-state index in [0.717, 1.165) is 5.39 Å². The predicted molar refractivity (Wildman–Crippen MR) is 54.5 cm³/mol. The molecule has 1 aromatic heterocycles. The van der Waals surface area contributed by atoms with E-state index in [9.17, 15) is 4.39 Å². The topological polar surface area (TPSA) is 15.8 Å². The van der Waals surface area contributed by atoms with E-state index in [0.29, 0.717) is 11.4 Å². The van der Waals surface area contributed by atoms with Gasteiger partial charge in [-0.2, -0.15) is 0 Å². The molecule has 0 radical (unpaired) electrons. The van der Waals surface area contributed by atoms with Gasteiger partial charge in [0.1, 0.15) is 5.82 Å². The molecular weight excluding hydrogens is 165 g/mol. The average Bonchev–Trinajstić information content (AvgIpc) is 2.48. The van der Waals surface area contributed by atoms with E-state index in [-0.39, 0.29) is 7.24 Å². The zero-order valence-corrected chi connectivity index (χ0v) is 7.76. The second kappa shape index (κ2) is 2.87. The van der Waals surface area contributed by atoms with Crippen LogP contribution in [0.3, 0.4) is 0 Å². The van der Waals surface area contributed by atoms with Gasteiger partial charge in [-0.1, -0.05) is 26.0 Å². The molecule has 1 aromatic carbocycles. The quantitative estimate of drug-likeness (QED) is 0.687. The Bertz CT molecular complexity index is 434. The number of halogens is 1. The second-order valence-electron chi connectivity index (χ2n) is 3.56. The molecule has 0 unspecified atom stereocenters. The molecule has 2 aromatic rings. The molecule has 13 heavy (non-hydrogen) atoms. The molecule has 0 saturated heterocycles. The maximum atomic E-state index is 13.2. The highest BCUT2D eigenvalue weighted by atomic mass is 19.1. The standard InChI is InChI=1S/C11H12FN.H2/c1-7(2)9-6-13-11-8(9)4-3-5-10(11)12;/h3-7,13H,1-2H3;1H. The van der Waals surface area contributed by atoms with E-state index < -0.39 is 0 Å². The summed E-state index contributed by atoms with van der Waals surface area (Å²) in [6, 6.07) is 5.17. The maximum absolute atomic E-state index is 13.2. The fraction of sp³-hybridized carbons (Fsp3) is 0.273. The fourth-order valence-electron chi connectivity index (χ4n) is 1.62. The van der Waals surface area contributed by atoms with E-state index in [4.69, 9.17) is 0 Å². The van der Waals surface area contributed by atoms with Gasteiger partial charge in [-0.3, -0.25) is 0 Å². The number of para-hydroxylation sites is 1. The molecule has 0 bridgehead atoms. The van der Waals surface area contributed by atoms with Gasteiger partial charge in [0.15, 0.2) is 0 Å². The fourth-order valence-corrected chi connectivity index (χ4v) is 1.62. The van der Waals surface area contributed by atoms with Crippen molar-refractivity contribution in [2.75, 3.05) is 0 Å². The highest BCUT2D eigenvalue weighted by Gasteiger charge is 2.08. The Morgan fingerprint density at radius 2 is 2.15 bits per heavy atom. The van der Waals surface area contributed by atoms with Gasteiger partial charge < -0.3 is 4.98 Å². The third-order valence-corrected chi connectivity index (χ3v) is 2.32. The lowest BCUT2D eigenvalue weighted by Crippen LogP contribution is -1.83. The van der Waals surface area contributed by atoms with Crippen molar-refractivity contribution in [3.8, 4) is 0 Å². The van der Waals surface area contributed by atoms with E-state index in [1.807, 2.05) is 12.3 Å². The van der Waals surface area contributed by atoms with Crippen LogP contribution >= 0.6 is 0 Å². The van der Waals surface area contributed by atoms with Crippen LogP contribution in [-0.2, 0) is 0 Å². The lowest BCUT2D eigenvalue weighted by molar-refractivity contribution is 0.637. The van der Waals surface area contributed by atoms with Gasteiger partial charge in [-0.25, -0.2) is 4.39 Å². The van der Waals surface area contributed by atoms with Gasteiger partial charge in [0.05, 0.1) is 5.52 Å². The zero-order chi connectivity index (χ0) is 9.42. The summed E-state index contributed by atoms with van der Waals surface area (Å²) >= 11 is 0. The van der Waals surface area contributed by atoms with Crippen molar-refractivity contribution in [2.45, 2.75) is 19.8 Å². The summed E-state index contributed by atoms with van der Waals surface area (Å²) < 4.78 is 13.2. The number of rotatable bonds is 1. The third-order valence-electron chi connectivity index (χ3n) is 2.32. The van der Waals surface area contributed by atoms with E-state index in [2.05, 4.69) is 18.8 Å². The molecule has 1 heterocycles. The smallest absolute Gasteiger partial charge is 0.147 e. The molecule has 0 atom stereocenters. The van der Waals surface area contributed by atoms with Crippen LogP contribution in [0, 0.1) is 5.82 Å². The first-order valence-corrected chi connectivity index (χ1v) is 4.45. The number of aromatic nitrogens is 1. The molecule has 2 rings (SSSR count). The van der Waals surface area contributed by atoms with E-state index in [1.165, 1.54) is 11.6 Å². The van der Waals surface area contributed by atoms with Gasteiger partial charge >= 0.3 is 0 Å². The Morgan fingerprint density at radius 1 is 1.38 bits per heavy atom. The number of fused-ring (bicyclic) bond motifs is 1. The summed E-state index contributed by atoms with van der Waals surface area (Å²) in [6.45, 7) is 4.21. The maximum Gasteiger partial charge on any atom is 0.147 e. The molecule has 1 nitrogen and oxygen atoms in total. The van der Waals surface area contributed by atoms with E-state index >= 15 is 0 Å². The van der Waals surface area contributed by atoms with Crippen LogP contribution in [0.4, 0.5) is 4.39 Å². The summed E-state index contributed by atoms with van der Waals surface area (Å²) in [7, 11) is 0. The Morgan fingerprint density at radius 3 is 2.85 bits per heavy atom. The van der Waals surface area contributed by atoms with Crippen LogP contribution in [0.25, 0.3) is 10.9 Å². The molecule has 0 aliphatic rings. The molecular formula is C11H14FN. The molecule has 0 aliphatic heterocycles. The normalized spacial score (nSPS) is 11.4. The highest BCUT2D eigenvalue weighted by molar-refractivity contribution is 5.84. The lowest BCUT2D eigenvalue weighted by Gasteiger charge is -2.01. The monoisotopic (exact) mass is 179 g/mol. The molecule has 2 heteroatoms. The predicted octanol–water partition coefficient (Wildman–Crippen LogP) is 3.68. The number of hydrogen-bond acceptors (Lipinski definition) is 0. The van der Waals surface area contributed by atoms with Crippen molar-refractivity contribution in [1.29, 1.82) is 0 Å². The molecule has 0 fully saturated rings. The molecule has 70 valence electrons. The molecule has 1 N–H and O–H groups in total. The second-order valence-corrected chi connectivity index (χ2v) is 3.56. The van der Waals surface area contributed by atoms with Crippen molar-refractivity contribution in [3.05, 3.63) is 35.8 Å². The van der Waals surface area contributed by atoms with Gasteiger partial charge in [0, 0.05) is 13.0 Å². The Hall–Kier alpha value is -1.31. The van der Waals surface area contributed by atoms with E-state index in [1.54, 1.807) is 6.07 Å². The summed E-state index contributed by atoms with van der Waals surface area (Å²) in [5, 5.41) is 0.995. The highest BCUT2D eigenvalue weighted by Crippen LogP contribution is 2.26. The first-order chi connectivity index (χ1) is 6.20. The molecule has 0 spiro atoms. The van der Waals surface area contributed by atoms with Crippen LogP contribution in [0.15, 0.2) is 24.4 Å². The minimum Gasteiger partial charge on any atom is -0.359 e. The van der Waals surface area contributed by atoms with Gasteiger partial charge in [-0.15, -0.1) is 0 Å². The first kappa shape index (κ1) is 8.30. The molecule has 0 saturated carbocycles. The Kier molecular flexibility index (Phi) is 1.83. The van der Waals surface area contributed by atoms with Crippen molar-refractivity contribution in [3.63, 3.8) is 0 Å². The summed E-state index contributed by atoms with van der Waals surface area (Å²) in [4.78, 5) is 2.96. The van der Waals surface area contributed by atoms with Gasteiger partial charge in [0.25, 0.3) is 0 Å². The van der Waals surface area contributed by atoms with Crippen LogP contribution < -0.4 is 0 Å². The number of benzene rings is 1. The van der Waals surface area contributed by atoms with Crippen molar-refractivity contribution in [1.82, 2.24) is 4.98 Å². The average molecular weight is 179 g/mol. The summed E-state index contributed by atoms with van der Waals surface area (Å²) in [5.41, 5.74) is 1.79. The number of aromatic amines is 1. The largest absolute Gasteiger partial charge is 0.359 e. The van der Waals surface area contributed by atoms with Crippen LogP contribution in [0.5, 0.6) is 0 Å². The summed E-state index contributed by atoms with van der Waals surface area (Å²) in [5.74, 6) is 0.250. The zero-order valence-electron chi connectivity index (χ0n) is 7.76. The van der Waals surface area contributed by atoms with Crippen molar-refractivity contribution < 1.29 is 5.82 Å². The number of hydrogen-bond donors (Lipinski definition) is 1. The van der Waals surface area contributed by atoms with Crippen molar-refractivity contribution in [2.24, 2.45) is 0 Å². The SMILES string of the molecule is CC(C)c1c[nH]c2c(F)cccc12.[HH]. The number of nitrogens with one attached hydrogen (secondary N) is 1. The minimum absolute atomic E-state index is 0. The van der Waals surface area contributed by atoms with Crippen LogP contribution in [0.1, 0.15) is 26.8 Å². The molecule has 0 amide bonds. The Balaban J connectivity index is 0.000000980. The minimum atomic E-state index is -0.176. The van der Waals surface area contributed by atoms with Gasteiger partial charge in [-0.05, 0) is 17.5 Å². The van der Waals surface area contributed by atoms with Gasteiger partial charge in [0.2, 0.25) is 0 Å². The number of H-pyrrole nitrogens is 1. The molecule has 0 aliphatic carbocycles. The van der Waals surface area contributed by atoms with Crippen LogP contribution in [-0.4, -0.2) is 4.98 Å². The third kappa shape index (κ3) is 1.22.